The number of carbonyl (C=O) groups excluding carboxylic acids is 1. The highest BCUT2D eigenvalue weighted by atomic mass is 19.2. The number of carbonyl (C=O) groups is 1. The second-order valence-electron chi connectivity index (χ2n) is 4.61. The number of halogens is 3. The molecule has 1 N–H and O–H groups in total. The van der Waals surface area contributed by atoms with Gasteiger partial charge >= 0.3 is 0 Å². The van der Waals surface area contributed by atoms with Crippen LogP contribution in [-0.4, -0.2) is 29.0 Å². The molecule has 0 saturated heterocycles. The van der Waals surface area contributed by atoms with Gasteiger partial charge in [-0.25, -0.2) is 23.1 Å². The second kappa shape index (κ2) is 7.08. The van der Waals surface area contributed by atoms with E-state index in [1.807, 2.05) is 18.7 Å². The Kier molecular flexibility index (Phi) is 5.15. The number of nitrogens with zero attached hydrogens (tertiary/aromatic N) is 3. The van der Waals surface area contributed by atoms with Crippen molar-refractivity contribution in [1.29, 1.82) is 0 Å². The molecular formula is C15H15F3N4O. The van der Waals surface area contributed by atoms with Crippen molar-refractivity contribution in [1.82, 2.24) is 9.97 Å². The fourth-order valence-corrected chi connectivity index (χ4v) is 2.00. The van der Waals surface area contributed by atoms with Crippen LogP contribution in [0.4, 0.5) is 24.7 Å². The fourth-order valence-electron chi connectivity index (χ4n) is 2.00. The van der Waals surface area contributed by atoms with Gasteiger partial charge in [-0.15, -0.1) is 0 Å². The molecule has 0 spiro atoms. The van der Waals surface area contributed by atoms with Crippen LogP contribution in [0.2, 0.25) is 0 Å². The Morgan fingerprint density at radius 3 is 2.48 bits per heavy atom. The molecular weight excluding hydrogens is 309 g/mol. The third kappa shape index (κ3) is 3.58. The number of anilines is 2. The van der Waals surface area contributed by atoms with Crippen molar-refractivity contribution in [3.8, 4) is 0 Å². The molecule has 0 bridgehead atoms. The Labute approximate surface area is 131 Å². The maximum absolute atomic E-state index is 13.6. The van der Waals surface area contributed by atoms with E-state index >= 15 is 0 Å². The minimum Gasteiger partial charge on any atom is -0.357 e. The van der Waals surface area contributed by atoms with Gasteiger partial charge in [-0.3, -0.25) is 4.79 Å². The number of rotatable bonds is 5. The highest BCUT2D eigenvalue weighted by Gasteiger charge is 2.17. The zero-order valence-electron chi connectivity index (χ0n) is 12.6. The van der Waals surface area contributed by atoms with Crippen molar-refractivity contribution in [3.63, 3.8) is 0 Å². The largest absolute Gasteiger partial charge is 0.357 e. The number of aromatic nitrogens is 2. The molecule has 1 amide bonds. The molecule has 23 heavy (non-hydrogen) atoms. The van der Waals surface area contributed by atoms with Crippen molar-refractivity contribution >= 4 is 17.4 Å². The summed E-state index contributed by atoms with van der Waals surface area (Å²) in [6, 6.07) is 3.12. The van der Waals surface area contributed by atoms with Crippen molar-refractivity contribution in [2.45, 2.75) is 13.8 Å². The quantitative estimate of drug-likeness (QED) is 0.859. The van der Waals surface area contributed by atoms with Crippen LogP contribution in [-0.2, 0) is 0 Å². The lowest BCUT2D eigenvalue weighted by atomic mass is 10.2. The van der Waals surface area contributed by atoms with Gasteiger partial charge < -0.3 is 10.2 Å². The van der Waals surface area contributed by atoms with Crippen LogP contribution in [0, 0.1) is 17.5 Å². The van der Waals surface area contributed by atoms with E-state index in [2.05, 4.69) is 15.3 Å². The van der Waals surface area contributed by atoms with Gasteiger partial charge in [-0.2, -0.15) is 0 Å². The average Bonchev–Trinajstić information content (AvgIpc) is 2.57. The Hall–Kier alpha value is -2.64. The van der Waals surface area contributed by atoms with Gasteiger partial charge in [0.05, 0.1) is 5.69 Å². The Bertz CT molecular complexity index is 720. The number of benzene rings is 1. The van der Waals surface area contributed by atoms with Gasteiger partial charge in [-0.05, 0) is 26.0 Å². The van der Waals surface area contributed by atoms with Gasteiger partial charge in [0.15, 0.2) is 17.5 Å². The molecule has 0 radical (unpaired) electrons. The van der Waals surface area contributed by atoms with Crippen LogP contribution in [0.25, 0.3) is 0 Å². The molecule has 5 nitrogen and oxygen atoms in total. The number of hydrogen-bond donors (Lipinski definition) is 1. The minimum absolute atomic E-state index is 0.00830. The standard InChI is InChI=1S/C15H15F3N4O/c1-3-22(4-2)12-7-11(19-8-20-12)15(23)21-10-6-5-9(16)13(17)14(10)18/h5-8H,3-4H2,1-2H3,(H,21,23). The molecule has 0 aliphatic heterocycles. The topological polar surface area (TPSA) is 58.1 Å². The minimum atomic E-state index is -1.64. The van der Waals surface area contributed by atoms with E-state index in [0.29, 0.717) is 18.9 Å². The monoisotopic (exact) mass is 324 g/mol. The third-order valence-electron chi connectivity index (χ3n) is 3.26. The number of hydrogen-bond acceptors (Lipinski definition) is 4. The van der Waals surface area contributed by atoms with E-state index in [1.54, 1.807) is 0 Å². The van der Waals surface area contributed by atoms with Crippen LogP contribution in [0.1, 0.15) is 24.3 Å². The summed E-state index contributed by atoms with van der Waals surface area (Å²) in [7, 11) is 0. The SMILES string of the molecule is CCN(CC)c1cc(C(=O)Nc2ccc(F)c(F)c2F)ncn1. The molecule has 0 atom stereocenters. The molecule has 0 fully saturated rings. The highest BCUT2D eigenvalue weighted by molar-refractivity contribution is 6.03. The van der Waals surface area contributed by atoms with Crippen molar-refractivity contribution < 1.29 is 18.0 Å². The molecule has 1 aromatic carbocycles. The Balaban J connectivity index is 2.25. The normalized spacial score (nSPS) is 10.5. The van der Waals surface area contributed by atoms with Crippen LogP contribution in [0.3, 0.4) is 0 Å². The zero-order chi connectivity index (χ0) is 17.0. The summed E-state index contributed by atoms with van der Waals surface area (Å²) >= 11 is 0. The van der Waals surface area contributed by atoms with E-state index in [4.69, 9.17) is 0 Å². The first-order valence-corrected chi connectivity index (χ1v) is 6.99. The summed E-state index contributed by atoms with van der Waals surface area (Å²) in [5, 5.41) is 2.17. The summed E-state index contributed by atoms with van der Waals surface area (Å²) in [5.74, 6) is -4.64. The predicted molar refractivity (Wildman–Crippen MR) is 79.9 cm³/mol. The van der Waals surface area contributed by atoms with E-state index in [-0.39, 0.29) is 5.69 Å². The summed E-state index contributed by atoms with van der Waals surface area (Å²) in [4.78, 5) is 21.9. The fraction of sp³-hybridized carbons (Fsp3) is 0.267. The highest BCUT2D eigenvalue weighted by Crippen LogP contribution is 2.20. The summed E-state index contributed by atoms with van der Waals surface area (Å²) in [6.45, 7) is 5.24. The Morgan fingerprint density at radius 2 is 1.83 bits per heavy atom. The van der Waals surface area contributed by atoms with Gasteiger partial charge in [0.2, 0.25) is 0 Å². The number of nitrogens with one attached hydrogen (secondary N) is 1. The summed E-state index contributed by atoms with van der Waals surface area (Å²) in [5.41, 5.74) is -0.470. The predicted octanol–water partition coefficient (Wildman–Crippen LogP) is 2.99. The molecule has 0 aliphatic carbocycles. The lowest BCUT2D eigenvalue weighted by Gasteiger charge is -2.19. The maximum atomic E-state index is 13.6. The zero-order valence-corrected chi connectivity index (χ0v) is 12.6. The first-order chi connectivity index (χ1) is 11.0. The molecule has 1 aromatic heterocycles. The Morgan fingerprint density at radius 1 is 1.13 bits per heavy atom. The van der Waals surface area contributed by atoms with E-state index < -0.39 is 29.0 Å². The smallest absolute Gasteiger partial charge is 0.274 e. The summed E-state index contributed by atoms with van der Waals surface area (Å²) < 4.78 is 39.6. The lowest BCUT2D eigenvalue weighted by molar-refractivity contribution is 0.102. The molecule has 8 heteroatoms. The van der Waals surface area contributed by atoms with Crippen molar-refractivity contribution in [2.24, 2.45) is 0 Å². The molecule has 0 aliphatic rings. The first-order valence-electron chi connectivity index (χ1n) is 6.99. The van der Waals surface area contributed by atoms with Gasteiger partial charge in [0.25, 0.3) is 5.91 Å². The van der Waals surface area contributed by atoms with Gasteiger partial charge in [-0.1, -0.05) is 0 Å². The average molecular weight is 324 g/mol. The molecule has 0 saturated carbocycles. The van der Waals surface area contributed by atoms with Crippen LogP contribution in [0.15, 0.2) is 24.5 Å². The second-order valence-corrected chi connectivity index (χ2v) is 4.61. The van der Waals surface area contributed by atoms with E-state index in [1.165, 1.54) is 12.4 Å². The van der Waals surface area contributed by atoms with Gasteiger partial charge in [0, 0.05) is 19.2 Å². The third-order valence-corrected chi connectivity index (χ3v) is 3.26. The molecule has 0 unspecified atom stereocenters. The molecule has 1 heterocycles. The molecule has 2 aromatic rings. The van der Waals surface area contributed by atoms with E-state index in [0.717, 1.165) is 12.1 Å². The van der Waals surface area contributed by atoms with Crippen LogP contribution >= 0.6 is 0 Å². The van der Waals surface area contributed by atoms with Crippen LogP contribution < -0.4 is 10.2 Å². The van der Waals surface area contributed by atoms with E-state index in [9.17, 15) is 18.0 Å². The maximum Gasteiger partial charge on any atom is 0.274 e. The number of amides is 1. The molecule has 122 valence electrons. The first kappa shape index (κ1) is 16.7. The molecule has 2 rings (SSSR count). The van der Waals surface area contributed by atoms with Gasteiger partial charge in [0.1, 0.15) is 17.8 Å². The van der Waals surface area contributed by atoms with Crippen molar-refractivity contribution in [2.75, 3.05) is 23.3 Å². The summed E-state index contributed by atoms with van der Waals surface area (Å²) in [6.07, 6.45) is 1.21. The van der Waals surface area contributed by atoms with Crippen molar-refractivity contribution in [3.05, 3.63) is 47.7 Å². The van der Waals surface area contributed by atoms with Crippen LogP contribution in [0.5, 0.6) is 0 Å². The lowest BCUT2D eigenvalue weighted by Crippen LogP contribution is -2.24.